The Morgan fingerprint density at radius 1 is 1.13 bits per heavy atom. The number of alkyl halides is 3. The quantitative estimate of drug-likeness (QED) is 0.184. The summed E-state index contributed by atoms with van der Waals surface area (Å²) in [5.74, 6) is 0.483. The molecule has 0 radical (unpaired) electrons. The number of amides is 1. The molecule has 0 saturated heterocycles. The first-order valence-electron chi connectivity index (χ1n) is 11.6. The van der Waals surface area contributed by atoms with Gasteiger partial charge in [0.15, 0.2) is 0 Å². The van der Waals surface area contributed by atoms with E-state index in [4.69, 9.17) is 25.4 Å². The fourth-order valence-electron chi connectivity index (χ4n) is 2.67. The molecule has 1 N–H and O–H groups in total. The van der Waals surface area contributed by atoms with Crippen LogP contribution < -0.4 is 9.84 Å². The maximum atomic E-state index is 12.7. The van der Waals surface area contributed by atoms with Crippen molar-refractivity contribution in [3.63, 3.8) is 0 Å². The number of rotatable bonds is 10. The number of nitro groups is 1. The largest absolute Gasteiger partial charge is 0.423 e. The highest BCUT2D eigenvalue weighted by atomic mass is 32.5. The maximum Gasteiger partial charge on any atom is 0.423 e. The zero-order chi connectivity index (χ0) is 29.3. The second-order valence-electron chi connectivity index (χ2n) is 8.37. The van der Waals surface area contributed by atoms with Crippen LogP contribution in [0.4, 0.5) is 24.5 Å². The zero-order valence-corrected chi connectivity index (χ0v) is 23.9. The van der Waals surface area contributed by atoms with Gasteiger partial charge in [-0.05, 0) is 32.9 Å². The van der Waals surface area contributed by atoms with E-state index in [1.54, 1.807) is 19.9 Å². The third-order valence-electron chi connectivity index (χ3n) is 4.43. The zero-order valence-electron chi connectivity index (χ0n) is 22.2. The van der Waals surface area contributed by atoms with E-state index in [2.05, 4.69) is 15.3 Å². The third kappa shape index (κ3) is 10.6. The molecular weight excluding hydrogens is 548 g/mol. The van der Waals surface area contributed by atoms with Crippen molar-refractivity contribution in [1.82, 2.24) is 9.97 Å². The van der Waals surface area contributed by atoms with Crippen molar-refractivity contribution in [2.75, 3.05) is 18.5 Å². The Balaban J connectivity index is 0.000000380. The summed E-state index contributed by atoms with van der Waals surface area (Å²) in [5.41, 5.74) is -1.73. The number of hydrogen-bond donors (Lipinski definition) is 1. The van der Waals surface area contributed by atoms with E-state index in [0.29, 0.717) is 25.2 Å². The average molecular weight is 581 g/mol. The summed E-state index contributed by atoms with van der Waals surface area (Å²) in [4.78, 5) is 29.5. The first-order chi connectivity index (χ1) is 17.5. The summed E-state index contributed by atoms with van der Waals surface area (Å²) in [7, 11) is 0. The van der Waals surface area contributed by atoms with Gasteiger partial charge in [-0.25, -0.2) is 4.98 Å². The monoisotopic (exact) mass is 580 g/mol. The standard InChI is InChI=1S/C12H21N2O3PS.C11H11F3N2O3/c1-6-15-18(19,16-7-2)17-11-8-10(5)13-12(14-11)9(3)4;1-6(2)10(17)15-7-3-4-9(16(18)19)8(5-7)11(12,13)14/h8-9H,6-7H2,1-5H3;3-6H,1-2H3,(H,15,17). The highest BCUT2D eigenvalue weighted by Gasteiger charge is 2.38. The van der Waals surface area contributed by atoms with Gasteiger partial charge in [-0.1, -0.05) is 27.7 Å². The van der Waals surface area contributed by atoms with E-state index in [-0.39, 0.29) is 11.6 Å². The lowest BCUT2D eigenvalue weighted by Crippen LogP contribution is -2.18. The van der Waals surface area contributed by atoms with Crippen LogP contribution in [0, 0.1) is 23.0 Å². The maximum absolute atomic E-state index is 12.7. The van der Waals surface area contributed by atoms with Crippen LogP contribution in [0.3, 0.4) is 0 Å². The van der Waals surface area contributed by atoms with Crippen molar-refractivity contribution in [1.29, 1.82) is 0 Å². The number of aryl methyl sites for hydroxylation is 1. The van der Waals surface area contributed by atoms with Gasteiger partial charge in [-0.15, -0.1) is 0 Å². The van der Waals surface area contributed by atoms with E-state index < -0.39 is 40.9 Å². The smallest absolute Gasteiger partial charge is 0.406 e. The van der Waals surface area contributed by atoms with Crippen molar-refractivity contribution < 1.29 is 36.5 Å². The van der Waals surface area contributed by atoms with E-state index in [0.717, 1.165) is 23.7 Å². The van der Waals surface area contributed by atoms with Gasteiger partial charge in [-0.3, -0.25) is 24.0 Å². The van der Waals surface area contributed by atoms with Crippen LogP contribution in [-0.4, -0.2) is 34.0 Å². The van der Waals surface area contributed by atoms with E-state index in [9.17, 15) is 28.1 Å². The lowest BCUT2D eigenvalue weighted by Gasteiger charge is -2.20. The molecule has 10 nitrogen and oxygen atoms in total. The lowest BCUT2D eigenvalue weighted by atomic mass is 10.1. The van der Waals surface area contributed by atoms with Crippen LogP contribution in [0.5, 0.6) is 5.88 Å². The minimum atomic E-state index is -4.86. The number of nitrogens with zero attached hydrogens (tertiary/aromatic N) is 3. The van der Waals surface area contributed by atoms with Gasteiger partial charge in [0.2, 0.25) is 11.8 Å². The molecular formula is C23H32F3N4O6PS. The Kier molecular flexibility index (Phi) is 12.7. The second-order valence-corrected chi connectivity index (χ2v) is 11.3. The van der Waals surface area contributed by atoms with Crippen molar-refractivity contribution >= 4 is 35.8 Å². The molecule has 0 fully saturated rings. The van der Waals surface area contributed by atoms with Crippen molar-refractivity contribution in [3.05, 3.63) is 51.5 Å². The van der Waals surface area contributed by atoms with Crippen molar-refractivity contribution in [2.24, 2.45) is 5.92 Å². The molecule has 2 rings (SSSR count). The van der Waals surface area contributed by atoms with E-state index in [1.165, 1.54) is 0 Å². The molecule has 1 heterocycles. The van der Waals surface area contributed by atoms with E-state index in [1.807, 2.05) is 34.6 Å². The molecule has 15 heteroatoms. The number of aromatic nitrogens is 2. The van der Waals surface area contributed by atoms with Crippen LogP contribution in [0.2, 0.25) is 0 Å². The molecule has 0 atom stereocenters. The number of hydrogen-bond acceptors (Lipinski definition) is 9. The summed E-state index contributed by atoms with van der Waals surface area (Å²) in [6, 6.07) is 4.08. The molecule has 212 valence electrons. The first kappa shape index (κ1) is 33.4. The molecule has 1 amide bonds. The van der Waals surface area contributed by atoms with Crippen LogP contribution in [0.1, 0.15) is 64.5 Å². The van der Waals surface area contributed by atoms with Gasteiger partial charge < -0.3 is 9.84 Å². The molecule has 2 aromatic rings. The summed E-state index contributed by atoms with van der Waals surface area (Å²) in [6.07, 6.45) is -4.86. The highest BCUT2D eigenvalue weighted by molar-refractivity contribution is 8.07. The highest BCUT2D eigenvalue weighted by Crippen LogP contribution is 2.49. The predicted octanol–water partition coefficient (Wildman–Crippen LogP) is 6.79. The van der Waals surface area contributed by atoms with Gasteiger partial charge in [0.25, 0.3) is 5.69 Å². The molecule has 0 bridgehead atoms. The van der Waals surface area contributed by atoms with Crippen LogP contribution in [0.25, 0.3) is 0 Å². The van der Waals surface area contributed by atoms with Crippen LogP contribution >= 0.6 is 6.72 Å². The summed E-state index contributed by atoms with van der Waals surface area (Å²) >= 11 is 5.32. The summed E-state index contributed by atoms with van der Waals surface area (Å²) < 4.78 is 54.6. The lowest BCUT2D eigenvalue weighted by molar-refractivity contribution is -0.388. The first-order valence-corrected chi connectivity index (χ1v) is 14.2. The molecule has 0 saturated carbocycles. The Hall–Kier alpha value is -2.67. The van der Waals surface area contributed by atoms with Crippen molar-refractivity contribution in [3.8, 4) is 5.88 Å². The van der Waals surface area contributed by atoms with Gasteiger partial charge in [0, 0.05) is 47.2 Å². The Morgan fingerprint density at radius 3 is 2.16 bits per heavy atom. The molecule has 0 aliphatic rings. The molecule has 0 spiro atoms. The number of halogens is 3. The SMILES string of the molecule is CC(C)C(=O)Nc1ccc([N+](=O)[O-])c(C(F)(F)F)c1.CCOP(=S)(OCC)Oc1cc(C)nc(C(C)C)n1. The van der Waals surface area contributed by atoms with E-state index >= 15 is 0 Å². The number of benzene rings is 1. The van der Waals surface area contributed by atoms with Gasteiger partial charge in [0.1, 0.15) is 11.4 Å². The van der Waals surface area contributed by atoms with Gasteiger partial charge in [0.05, 0.1) is 18.1 Å². The van der Waals surface area contributed by atoms with Gasteiger partial charge >= 0.3 is 12.9 Å². The molecule has 38 heavy (non-hydrogen) atoms. The number of carbonyl (C=O) groups excluding carboxylic acids is 1. The van der Waals surface area contributed by atoms with Crippen LogP contribution in [-0.2, 0) is 31.8 Å². The molecule has 1 aromatic carbocycles. The number of anilines is 1. The second kappa shape index (κ2) is 14.5. The molecule has 1 aromatic heterocycles. The Morgan fingerprint density at radius 2 is 1.71 bits per heavy atom. The number of carbonyl (C=O) groups is 1. The number of nitrogens with one attached hydrogen (secondary N) is 1. The molecule has 0 unspecified atom stereocenters. The van der Waals surface area contributed by atoms with Crippen molar-refractivity contribution in [2.45, 2.75) is 60.6 Å². The minimum absolute atomic E-state index is 0.128. The number of nitro benzene ring substituents is 1. The fraction of sp³-hybridized carbons (Fsp3) is 0.522. The minimum Gasteiger partial charge on any atom is -0.406 e. The topological polar surface area (TPSA) is 126 Å². The normalized spacial score (nSPS) is 11.7. The van der Waals surface area contributed by atoms with Gasteiger partial charge in [-0.2, -0.15) is 18.2 Å². The summed E-state index contributed by atoms with van der Waals surface area (Å²) in [5, 5.41) is 12.8. The predicted molar refractivity (Wildman–Crippen MR) is 141 cm³/mol. The fourth-order valence-corrected chi connectivity index (χ4v) is 4.67. The Bertz CT molecular complexity index is 1150. The Labute approximate surface area is 224 Å². The summed E-state index contributed by atoms with van der Waals surface area (Å²) in [6.45, 7) is 10.9. The molecule has 0 aliphatic carbocycles. The molecule has 0 aliphatic heterocycles. The van der Waals surface area contributed by atoms with Crippen LogP contribution in [0.15, 0.2) is 24.3 Å². The average Bonchev–Trinajstić information content (AvgIpc) is 2.78. The third-order valence-corrected chi connectivity index (χ3v) is 6.85.